The second-order valence-electron chi connectivity index (χ2n) is 3.18. The molecule has 2 aromatic heterocycles. The lowest BCUT2D eigenvalue weighted by Gasteiger charge is -2.06. The monoisotopic (exact) mass is 224 g/mol. The fourth-order valence-electron chi connectivity index (χ4n) is 1.43. The molecule has 0 spiro atoms. The summed E-state index contributed by atoms with van der Waals surface area (Å²) in [6, 6.07) is 4.11. The van der Waals surface area contributed by atoms with Gasteiger partial charge in [-0.2, -0.15) is 0 Å². The summed E-state index contributed by atoms with van der Waals surface area (Å²) in [5, 5.41) is 3.14. The number of aryl methyl sites for hydroxylation is 2. The fraction of sp³-hybridized carbons (Fsp3) is 0.300. The van der Waals surface area contributed by atoms with Crippen LogP contribution in [0, 0.1) is 13.8 Å². The molecule has 4 heteroatoms. The molecular weight excluding hydrogens is 212 g/mol. The number of hydrogen-bond donors (Lipinski definition) is 1. The molecule has 2 rings (SSSR count). The van der Waals surface area contributed by atoms with Crippen molar-refractivity contribution < 1.29 is 0 Å². The second kappa shape index (κ2) is 3.81. The van der Waals surface area contributed by atoms with E-state index >= 15 is 0 Å². The van der Waals surface area contributed by atoms with E-state index in [0.29, 0.717) is 0 Å². The van der Waals surface area contributed by atoms with Crippen molar-refractivity contribution in [2.45, 2.75) is 19.9 Å². The third-order valence-corrected chi connectivity index (χ3v) is 4.18. The van der Waals surface area contributed by atoms with Crippen molar-refractivity contribution in [1.29, 1.82) is 0 Å². The van der Waals surface area contributed by atoms with E-state index in [1.807, 2.05) is 19.9 Å². The highest BCUT2D eigenvalue weighted by molar-refractivity contribution is 7.12. The van der Waals surface area contributed by atoms with Crippen molar-refractivity contribution >= 4 is 22.7 Å². The van der Waals surface area contributed by atoms with Crippen LogP contribution < -0.4 is 5.73 Å². The van der Waals surface area contributed by atoms with Gasteiger partial charge in [-0.15, -0.1) is 22.7 Å². The van der Waals surface area contributed by atoms with Crippen LogP contribution in [0.2, 0.25) is 0 Å². The molecule has 0 radical (unpaired) electrons. The van der Waals surface area contributed by atoms with Gasteiger partial charge in [0.2, 0.25) is 0 Å². The molecule has 0 fully saturated rings. The van der Waals surface area contributed by atoms with Gasteiger partial charge >= 0.3 is 0 Å². The van der Waals surface area contributed by atoms with Crippen LogP contribution in [-0.2, 0) is 0 Å². The Morgan fingerprint density at radius 2 is 2.21 bits per heavy atom. The highest BCUT2D eigenvalue weighted by Gasteiger charge is 2.15. The average molecular weight is 224 g/mol. The first kappa shape index (κ1) is 9.83. The van der Waals surface area contributed by atoms with Gasteiger partial charge in [0.1, 0.15) is 0 Å². The van der Waals surface area contributed by atoms with Crippen molar-refractivity contribution in [3.8, 4) is 0 Å². The number of aromatic nitrogens is 1. The largest absolute Gasteiger partial charge is 0.319 e. The number of thiophene rings is 1. The Labute approximate surface area is 91.4 Å². The third kappa shape index (κ3) is 1.73. The molecule has 0 saturated carbocycles. The third-order valence-electron chi connectivity index (χ3n) is 2.07. The second-order valence-corrected chi connectivity index (χ2v) is 5.39. The van der Waals surface area contributed by atoms with Crippen LogP contribution in [0.4, 0.5) is 0 Å². The maximum Gasteiger partial charge on any atom is 0.0900 e. The molecule has 1 unspecified atom stereocenters. The van der Waals surface area contributed by atoms with Gasteiger partial charge in [-0.3, -0.25) is 0 Å². The smallest absolute Gasteiger partial charge is 0.0900 e. The molecule has 0 aliphatic heterocycles. The molecule has 0 aliphatic carbocycles. The molecule has 0 aliphatic rings. The summed E-state index contributed by atoms with van der Waals surface area (Å²) < 4.78 is 0. The zero-order chi connectivity index (χ0) is 10.1. The van der Waals surface area contributed by atoms with Crippen LogP contribution in [0.1, 0.15) is 26.5 Å². The quantitative estimate of drug-likeness (QED) is 0.852. The van der Waals surface area contributed by atoms with Crippen LogP contribution in [0.3, 0.4) is 0 Å². The number of hydrogen-bond acceptors (Lipinski definition) is 4. The number of nitrogens with zero attached hydrogens (tertiary/aromatic N) is 1. The summed E-state index contributed by atoms with van der Waals surface area (Å²) >= 11 is 3.39. The molecule has 2 N–H and O–H groups in total. The zero-order valence-electron chi connectivity index (χ0n) is 8.15. The zero-order valence-corrected chi connectivity index (χ0v) is 9.78. The molecule has 74 valence electrons. The van der Waals surface area contributed by atoms with Crippen LogP contribution >= 0.6 is 22.7 Å². The lowest BCUT2D eigenvalue weighted by Crippen LogP contribution is -2.09. The van der Waals surface area contributed by atoms with Crippen LogP contribution in [0.25, 0.3) is 0 Å². The van der Waals surface area contributed by atoms with Crippen molar-refractivity contribution in [2.24, 2.45) is 5.73 Å². The predicted molar refractivity (Wildman–Crippen MR) is 61.9 cm³/mol. The van der Waals surface area contributed by atoms with Crippen molar-refractivity contribution in [3.05, 3.63) is 38.0 Å². The molecule has 0 bridgehead atoms. The number of rotatable bonds is 2. The minimum atomic E-state index is 0.00111. The van der Waals surface area contributed by atoms with Gasteiger partial charge in [0, 0.05) is 9.75 Å². The van der Waals surface area contributed by atoms with Crippen LogP contribution in [0.15, 0.2) is 17.5 Å². The molecule has 0 saturated heterocycles. The van der Waals surface area contributed by atoms with Gasteiger partial charge in [0.15, 0.2) is 0 Å². The van der Waals surface area contributed by atoms with E-state index in [1.165, 1.54) is 9.75 Å². The van der Waals surface area contributed by atoms with Crippen molar-refractivity contribution in [2.75, 3.05) is 0 Å². The SMILES string of the molecule is Cc1nc(C)c(C(N)c2cccs2)s1. The Kier molecular flexibility index (Phi) is 2.67. The van der Waals surface area contributed by atoms with Gasteiger partial charge in [-0.25, -0.2) is 4.98 Å². The molecule has 0 amide bonds. The minimum absolute atomic E-state index is 0.00111. The Morgan fingerprint density at radius 3 is 2.71 bits per heavy atom. The van der Waals surface area contributed by atoms with Crippen LogP contribution in [-0.4, -0.2) is 4.98 Å². The van der Waals surface area contributed by atoms with E-state index in [4.69, 9.17) is 5.73 Å². The molecule has 0 aromatic carbocycles. The van der Waals surface area contributed by atoms with Crippen molar-refractivity contribution in [1.82, 2.24) is 4.98 Å². The lowest BCUT2D eigenvalue weighted by molar-refractivity contribution is 0.898. The van der Waals surface area contributed by atoms with Crippen LogP contribution in [0.5, 0.6) is 0 Å². The van der Waals surface area contributed by atoms with E-state index in [0.717, 1.165) is 10.7 Å². The van der Waals surface area contributed by atoms with Crippen molar-refractivity contribution in [3.63, 3.8) is 0 Å². The summed E-state index contributed by atoms with van der Waals surface area (Å²) in [5.41, 5.74) is 7.22. The van der Waals surface area contributed by atoms with Gasteiger partial charge < -0.3 is 5.73 Å². The number of thiazole rings is 1. The highest BCUT2D eigenvalue weighted by Crippen LogP contribution is 2.30. The number of nitrogens with two attached hydrogens (primary N) is 1. The maximum atomic E-state index is 6.16. The minimum Gasteiger partial charge on any atom is -0.319 e. The summed E-state index contributed by atoms with van der Waals surface area (Å²) in [6.07, 6.45) is 0. The Morgan fingerprint density at radius 1 is 1.43 bits per heavy atom. The van der Waals surface area contributed by atoms with E-state index < -0.39 is 0 Å². The highest BCUT2D eigenvalue weighted by atomic mass is 32.1. The Balaban J connectivity index is 2.36. The van der Waals surface area contributed by atoms with E-state index in [1.54, 1.807) is 22.7 Å². The summed E-state index contributed by atoms with van der Waals surface area (Å²) in [4.78, 5) is 6.78. The lowest BCUT2D eigenvalue weighted by atomic mass is 10.2. The predicted octanol–water partition coefficient (Wildman–Crippen LogP) is 2.87. The first-order valence-electron chi connectivity index (χ1n) is 4.41. The molecule has 1 atom stereocenters. The first-order valence-corrected chi connectivity index (χ1v) is 6.11. The van der Waals surface area contributed by atoms with Gasteiger partial charge in [0.05, 0.1) is 16.7 Å². The van der Waals surface area contributed by atoms with Gasteiger partial charge in [-0.05, 0) is 25.3 Å². The van der Waals surface area contributed by atoms with E-state index in [9.17, 15) is 0 Å². The molecule has 2 aromatic rings. The van der Waals surface area contributed by atoms with E-state index in [-0.39, 0.29) is 6.04 Å². The molecular formula is C10H12N2S2. The Bertz CT molecular complexity index is 417. The molecule has 2 nitrogen and oxygen atoms in total. The summed E-state index contributed by atoms with van der Waals surface area (Å²) in [7, 11) is 0. The first-order chi connectivity index (χ1) is 6.68. The fourth-order valence-corrected chi connectivity index (χ4v) is 3.19. The topological polar surface area (TPSA) is 38.9 Å². The average Bonchev–Trinajstić information content (AvgIpc) is 2.73. The van der Waals surface area contributed by atoms with Gasteiger partial charge in [0.25, 0.3) is 0 Å². The molecule has 2 heterocycles. The standard InChI is InChI=1S/C10H12N2S2/c1-6-10(14-7(2)12-6)9(11)8-4-3-5-13-8/h3-5,9H,11H2,1-2H3. The summed E-state index contributed by atoms with van der Waals surface area (Å²) in [6.45, 7) is 4.04. The molecule has 14 heavy (non-hydrogen) atoms. The Hall–Kier alpha value is -0.710. The van der Waals surface area contributed by atoms with E-state index in [2.05, 4.69) is 16.4 Å². The maximum absolute atomic E-state index is 6.16. The summed E-state index contributed by atoms with van der Waals surface area (Å²) in [5.74, 6) is 0. The normalized spacial score (nSPS) is 13.1. The van der Waals surface area contributed by atoms with Gasteiger partial charge in [-0.1, -0.05) is 6.07 Å².